The van der Waals surface area contributed by atoms with Gasteiger partial charge in [-0.15, -0.1) is 0 Å². The quantitative estimate of drug-likeness (QED) is 0.754. The zero-order valence-corrected chi connectivity index (χ0v) is 16.0. The van der Waals surface area contributed by atoms with Crippen LogP contribution in [0.1, 0.15) is 32.3 Å². The molecule has 0 spiro atoms. The molecular formula is C21H24N2O2S. The van der Waals surface area contributed by atoms with Crippen molar-refractivity contribution in [3.8, 4) is 0 Å². The van der Waals surface area contributed by atoms with Crippen molar-refractivity contribution in [3.63, 3.8) is 0 Å². The van der Waals surface area contributed by atoms with Crippen molar-refractivity contribution in [2.75, 3.05) is 0 Å². The van der Waals surface area contributed by atoms with Crippen LogP contribution in [0.3, 0.4) is 0 Å². The molecule has 2 aromatic rings. The molecule has 5 heteroatoms. The Balaban J connectivity index is 1.75. The summed E-state index contributed by atoms with van der Waals surface area (Å²) in [4.78, 5) is 28.0. The predicted molar refractivity (Wildman–Crippen MR) is 105 cm³/mol. The van der Waals surface area contributed by atoms with E-state index in [9.17, 15) is 9.59 Å². The maximum atomic E-state index is 12.9. The van der Waals surface area contributed by atoms with Crippen molar-refractivity contribution in [1.29, 1.82) is 0 Å². The maximum absolute atomic E-state index is 12.9. The van der Waals surface area contributed by atoms with Crippen LogP contribution in [0.25, 0.3) is 0 Å². The van der Waals surface area contributed by atoms with Crippen molar-refractivity contribution < 1.29 is 9.59 Å². The number of thioether (sulfide) groups is 1. The van der Waals surface area contributed by atoms with Crippen LogP contribution < -0.4 is 5.32 Å². The van der Waals surface area contributed by atoms with E-state index in [0.717, 1.165) is 23.3 Å². The average Bonchev–Trinajstić information content (AvgIpc) is 2.69. The number of likely N-dealkylation sites (tertiary alicyclic amines) is 1. The third-order valence-electron chi connectivity index (χ3n) is 5.11. The Kier molecular flexibility index (Phi) is 5.67. The molecule has 0 aliphatic carbocycles. The van der Waals surface area contributed by atoms with E-state index in [0.29, 0.717) is 6.54 Å². The molecule has 3 rings (SSSR count). The SMILES string of the molecule is CCC1(CC)C(=O)N(C(=O)NCc2ccccc2)C1Sc1ccccc1. The van der Waals surface area contributed by atoms with Crippen LogP contribution in [-0.4, -0.2) is 22.2 Å². The molecule has 1 aliphatic heterocycles. The van der Waals surface area contributed by atoms with Crippen LogP contribution in [0.2, 0.25) is 0 Å². The van der Waals surface area contributed by atoms with E-state index in [1.807, 2.05) is 74.5 Å². The molecule has 0 radical (unpaired) electrons. The first-order valence-corrected chi connectivity index (χ1v) is 9.87. The normalized spacial score (nSPS) is 18.3. The molecule has 1 atom stereocenters. The summed E-state index contributed by atoms with van der Waals surface area (Å²) < 4.78 is 0. The van der Waals surface area contributed by atoms with Crippen LogP contribution in [0.5, 0.6) is 0 Å². The number of carbonyl (C=O) groups excluding carboxylic acids is 2. The van der Waals surface area contributed by atoms with Crippen LogP contribution in [0, 0.1) is 5.41 Å². The molecule has 1 heterocycles. The summed E-state index contributed by atoms with van der Waals surface area (Å²) in [6.07, 6.45) is 1.46. The molecule has 0 bridgehead atoms. The van der Waals surface area contributed by atoms with Gasteiger partial charge in [-0.25, -0.2) is 9.69 Å². The van der Waals surface area contributed by atoms with Gasteiger partial charge in [0, 0.05) is 11.4 Å². The van der Waals surface area contributed by atoms with Gasteiger partial charge in [0.2, 0.25) is 5.91 Å². The number of imide groups is 1. The molecular weight excluding hydrogens is 344 g/mol. The van der Waals surface area contributed by atoms with Gasteiger partial charge in [-0.1, -0.05) is 74.1 Å². The summed E-state index contributed by atoms with van der Waals surface area (Å²) in [5, 5.41) is 2.71. The van der Waals surface area contributed by atoms with Gasteiger partial charge >= 0.3 is 6.03 Å². The lowest BCUT2D eigenvalue weighted by Crippen LogP contribution is -2.70. The highest BCUT2D eigenvalue weighted by Crippen LogP contribution is 2.52. The van der Waals surface area contributed by atoms with Crippen LogP contribution >= 0.6 is 11.8 Å². The first-order chi connectivity index (χ1) is 12.6. The number of nitrogens with zero attached hydrogens (tertiary/aromatic N) is 1. The highest BCUT2D eigenvalue weighted by Gasteiger charge is 2.61. The monoisotopic (exact) mass is 368 g/mol. The van der Waals surface area contributed by atoms with Gasteiger partial charge in [0.05, 0.1) is 5.41 Å². The van der Waals surface area contributed by atoms with Gasteiger partial charge in [0.1, 0.15) is 5.37 Å². The van der Waals surface area contributed by atoms with Gasteiger partial charge in [-0.05, 0) is 30.5 Å². The second kappa shape index (κ2) is 7.96. The van der Waals surface area contributed by atoms with E-state index >= 15 is 0 Å². The van der Waals surface area contributed by atoms with Crippen molar-refractivity contribution in [1.82, 2.24) is 10.2 Å². The highest BCUT2D eigenvalue weighted by atomic mass is 32.2. The van der Waals surface area contributed by atoms with Crippen molar-refractivity contribution in [3.05, 3.63) is 66.2 Å². The van der Waals surface area contributed by atoms with Crippen LogP contribution in [0.4, 0.5) is 4.79 Å². The Bertz CT molecular complexity index is 760. The predicted octanol–water partition coefficient (Wildman–Crippen LogP) is 4.66. The molecule has 1 saturated heterocycles. The molecule has 1 aliphatic rings. The van der Waals surface area contributed by atoms with Gasteiger partial charge in [-0.3, -0.25) is 4.79 Å². The molecule has 136 valence electrons. The van der Waals surface area contributed by atoms with E-state index in [1.54, 1.807) is 11.8 Å². The third kappa shape index (κ3) is 3.36. The number of rotatable bonds is 6. The van der Waals surface area contributed by atoms with Gasteiger partial charge in [0.25, 0.3) is 0 Å². The Hall–Kier alpha value is -2.27. The molecule has 1 fully saturated rings. The van der Waals surface area contributed by atoms with Gasteiger partial charge in [0.15, 0.2) is 0 Å². The summed E-state index contributed by atoms with van der Waals surface area (Å²) in [7, 11) is 0. The highest BCUT2D eigenvalue weighted by molar-refractivity contribution is 8.00. The number of carbonyl (C=O) groups is 2. The third-order valence-corrected chi connectivity index (χ3v) is 6.54. The largest absolute Gasteiger partial charge is 0.334 e. The van der Waals surface area contributed by atoms with Crippen LogP contribution in [0.15, 0.2) is 65.6 Å². The molecule has 1 N–H and O–H groups in total. The van der Waals surface area contributed by atoms with Gasteiger partial charge < -0.3 is 5.32 Å². The fourth-order valence-corrected chi connectivity index (χ4v) is 4.91. The van der Waals surface area contributed by atoms with E-state index in [-0.39, 0.29) is 17.3 Å². The second-order valence-electron chi connectivity index (χ2n) is 6.47. The van der Waals surface area contributed by atoms with E-state index in [1.165, 1.54) is 4.90 Å². The zero-order chi connectivity index (χ0) is 18.6. The summed E-state index contributed by atoms with van der Waals surface area (Å²) in [5.74, 6) is -0.0681. The average molecular weight is 369 g/mol. The summed E-state index contributed by atoms with van der Waals surface area (Å²) in [5.41, 5.74) is 0.545. The lowest BCUT2D eigenvalue weighted by Gasteiger charge is -2.53. The van der Waals surface area contributed by atoms with Gasteiger partial charge in [-0.2, -0.15) is 0 Å². The fraction of sp³-hybridized carbons (Fsp3) is 0.333. The molecule has 0 aromatic heterocycles. The number of hydrogen-bond acceptors (Lipinski definition) is 3. The Morgan fingerprint density at radius 1 is 1.04 bits per heavy atom. The number of nitrogens with one attached hydrogen (secondary N) is 1. The topological polar surface area (TPSA) is 49.4 Å². The Morgan fingerprint density at radius 2 is 1.62 bits per heavy atom. The van der Waals surface area contributed by atoms with E-state index < -0.39 is 5.41 Å². The smallest absolute Gasteiger partial charge is 0.325 e. The number of hydrogen-bond donors (Lipinski definition) is 1. The maximum Gasteiger partial charge on any atom is 0.325 e. The first-order valence-electron chi connectivity index (χ1n) is 8.99. The van der Waals surface area contributed by atoms with Crippen molar-refractivity contribution >= 4 is 23.7 Å². The zero-order valence-electron chi connectivity index (χ0n) is 15.1. The number of β-lactam (4-membered cyclic amide) rings is 1. The fourth-order valence-electron chi connectivity index (χ4n) is 3.39. The summed E-state index contributed by atoms with van der Waals surface area (Å²) in [6, 6.07) is 19.4. The Labute approximate surface area is 159 Å². The van der Waals surface area contributed by atoms with Crippen molar-refractivity contribution in [2.45, 2.75) is 43.5 Å². The van der Waals surface area contributed by atoms with Crippen LogP contribution in [-0.2, 0) is 11.3 Å². The van der Waals surface area contributed by atoms with Crippen molar-refractivity contribution in [2.24, 2.45) is 5.41 Å². The Morgan fingerprint density at radius 3 is 2.19 bits per heavy atom. The minimum atomic E-state index is -0.468. The standard InChI is InChI=1S/C21H24N2O2S/c1-3-21(4-2)18(24)23(19(21)26-17-13-9-6-10-14-17)20(25)22-15-16-11-7-5-8-12-16/h5-14,19H,3-4,15H2,1-2H3,(H,22,25). The summed E-state index contributed by atoms with van der Waals surface area (Å²) in [6.45, 7) is 4.47. The first kappa shape index (κ1) is 18.5. The molecule has 3 amide bonds. The van der Waals surface area contributed by atoms with E-state index in [4.69, 9.17) is 0 Å². The number of amides is 3. The number of urea groups is 1. The lowest BCUT2D eigenvalue weighted by molar-refractivity contribution is -0.158. The lowest BCUT2D eigenvalue weighted by atomic mass is 9.74. The second-order valence-corrected chi connectivity index (χ2v) is 7.62. The molecule has 2 aromatic carbocycles. The molecule has 26 heavy (non-hydrogen) atoms. The summed E-state index contributed by atoms with van der Waals surface area (Å²) >= 11 is 1.59. The number of benzene rings is 2. The van der Waals surface area contributed by atoms with E-state index in [2.05, 4.69) is 5.32 Å². The molecule has 4 nitrogen and oxygen atoms in total. The molecule has 1 unspecified atom stereocenters. The minimum Gasteiger partial charge on any atom is -0.334 e. The minimum absolute atomic E-state index is 0.0681. The molecule has 0 saturated carbocycles.